The van der Waals surface area contributed by atoms with E-state index in [1.54, 1.807) is 6.07 Å². The first-order valence-corrected chi connectivity index (χ1v) is 8.70. The summed E-state index contributed by atoms with van der Waals surface area (Å²) >= 11 is 0. The lowest BCUT2D eigenvalue weighted by Crippen LogP contribution is -2.53. The van der Waals surface area contributed by atoms with Crippen molar-refractivity contribution in [2.24, 2.45) is 0 Å². The summed E-state index contributed by atoms with van der Waals surface area (Å²) in [6.07, 6.45) is 3.96. The second-order valence-electron chi connectivity index (χ2n) is 7.21. The molecule has 0 aliphatic carbocycles. The van der Waals surface area contributed by atoms with Gasteiger partial charge in [-0.25, -0.2) is 0 Å². The number of piperidine rings is 1. The predicted octanol–water partition coefficient (Wildman–Crippen LogP) is 2.18. The van der Waals surface area contributed by atoms with Crippen LogP contribution in [-0.4, -0.2) is 45.6 Å². The molecule has 0 spiro atoms. The number of rotatable bonds is 2. The van der Waals surface area contributed by atoms with Crippen LogP contribution in [0, 0.1) is 13.8 Å². The Morgan fingerprint density at radius 3 is 2.12 bits per heavy atom. The van der Waals surface area contributed by atoms with Crippen molar-refractivity contribution >= 4 is 17.7 Å². The topological polar surface area (TPSA) is 70.8 Å². The van der Waals surface area contributed by atoms with Crippen LogP contribution in [0.5, 0.6) is 0 Å². The minimum atomic E-state index is -0.0505. The lowest BCUT2D eigenvalue weighted by atomic mass is 9.95. The average Bonchev–Trinajstić information content (AvgIpc) is 3.13. The van der Waals surface area contributed by atoms with Crippen molar-refractivity contribution < 1.29 is 18.8 Å². The van der Waals surface area contributed by atoms with E-state index < -0.39 is 0 Å². The average molecular weight is 330 g/mol. The monoisotopic (exact) mass is 330 g/mol. The molecule has 3 saturated heterocycles. The van der Waals surface area contributed by atoms with Crippen molar-refractivity contribution in [3.63, 3.8) is 0 Å². The third-order valence-corrected chi connectivity index (χ3v) is 5.67. The summed E-state index contributed by atoms with van der Waals surface area (Å²) in [4.78, 5) is 40.4. The molecular formula is C18H22N2O4. The maximum atomic E-state index is 13.0. The fourth-order valence-electron chi connectivity index (χ4n) is 4.67. The van der Waals surface area contributed by atoms with Crippen LogP contribution >= 0.6 is 0 Å². The molecule has 6 nitrogen and oxygen atoms in total. The SMILES string of the molecule is Cc1cc(C(=O)N2C3CCC2CC(N2C(=O)CCC2=O)C3)c(C)o1. The number of likely N-dealkylation sites (tertiary alicyclic amines) is 1. The first kappa shape index (κ1) is 15.4. The van der Waals surface area contributed by atoms with E-state index in [4.69, 9.17) is 4.42 Å². The third-order valence-electron chi connectivity index (χ3n) is 5.67. The second-order valence-corrected chi connectivity index (χ2v) is 7.21. The normalized spacial score (nSPS) is 29.7. The largest absolute Gasteiger partial charge is 0.466 e. The highest BCUT2D eigenvalue weighted by molar-refractivity contribution is 6.02. The Morgan fingerprint density at radius 1 is 1.04 bits per heavy atom. The van der Waals surface area contributed by atoms with E-state index in [9.17, 15) is 14.4 Å². The molecule has 4 rings (SSSR count). The highest BCUT2D eigenvalue weighted by Gasteiger charge is 2.48. The lowest BCUT2D eigenvalue weighted by Gasteiger charge is -2.41. The van der Waals surface area contributed by atoms with E-state index in [0.29, 0.717) is 37.0 Å². The molecule has 2 bridgehead atoms. The van der Waals surface area contributed by atoms with Gasteiger partial charge in [0.25, 0.3) is 5.91 Å². The van der Waals surface area contributed by atoms with Crippen LogP contribution in [0.1, 0.15) is 60.4 Å². The quantitative estimate of drug-likeness (QED) is 0.779. The van der Waals surface area contributed by atoms with Crippen molar-refractivity contribution in [2.45, 2.75) is 70.5 Å². The third kappa shape index (κ3) is 2.27. The van der Waals surface area contributed by atoms with Crippen LogP contribution in [0.2, 0.25) is 0 Å². The van der Waals surface area contributed by atoms with Gasteiger partial charge in [-0.15, -0.1) is 0 Å². The second kappa shape index (κ2) is 5.46. The van der Waals surface area contributed by atoms with Gasteiger partial charge in [0, 0.05) is 31.0 Å². The lowest BCUT2D eigenvalue weighted by molar-refractivity contribution is -0.142. The number of hydrogen-bond acceptors (Lipinski definition) is 4. The fourth-order valence-corrected chi connectivity index (χ4v) is 4.67. The van der Waals surface area contributed by atoms with E-state index in [0.717, 1.165) is 18.6 Å². The van der Waals surface area contributed by atoms with Gasteiger partial charge in [-0.3, -0.25) is 19.3 Å². The molecule has 3 amide bonds. The van der Waals surface area contributed by atoms with E-state index in [2.05, 4.69) is 0 Å². The Morgan fingerprint density at radius 2 is 1.62 bits per heavy atom. The molecule has 6 heteroatoms. The number of aryl methyl sites for hydroxylation is 2. The molecule has 24 heavy (non-hydrogen) atoms. The van der Waals surface area contributed by atoms with Gasteiger partial charge in [0.1, 0.15) is 11.5 Å². The molecule has 1 aromatic heterocycles. The zero-order valence-electron chi connectivity index (χ0n) is 14.1. The van der Waals surface area contributed by atoms with E-state index >= 15 is 0 Å². The first-order valence-electron chi connectivity index (χ1n) is 8.70. The van der Waals surface area contributed by atoms with Crippen LogP contribution in [0.4, 0.5) is 0 Å². The minimum absolute atomic E-state index is 0.0226. The standard InChI is InChI=1S/C18H22N2O4/c1-10-7-15(11(2)24-10)18(23)19-12-3-4-13(19)9-14(8-12)20-16(21)5-6-17(20)22/h7,12-14H,3-6,8-9H2,1-2H3. The van der Waals surface area contributed by atoms with Gasteiger partial charge in [0.2, 0.25) is 11.8 Å². The van der Waals surface area contributed by atoms with E-state index in [-0.39, 0.29) is 35.8 Å². The van der Waals surface area contributed by atoms with E-state index in [1.165, 1.54) is 4.90 Å². The summed E-state index contributed by atoms with van der Waals surface area (Å²) in [7, 11) is 0. The molecule has 4 heterocycles. The van der Waals surface area contributed by atoms with Crippen molar-refractivity contribution in [3.05, 3.63) is 23.2 Å². The fraction of sp³-hybridized carbons (Fsp3) is 0.611. The number of furan rings is 1. The van der Waals surface area contributed by atoms with Gasteiger partial charge in [-0.2, -0.15) is 0 Å². The number of imide groups is 1. The molecule has 0 saturated carbocycles. The maximum Gasteiger partial charge on any atom is 0.257 e. The molecule has 0 radical (unpaired) electrons. The number of amides is 3. The summed E-state index contributed by atoms with van der Waals surface area (Å²) in [5, 5.41) is 0. The summed E-state index contributed by atoms with van der Waals surface area (Å²) in [5.41, 5.74) is 0.635. The van der Waals surface area contributed by atoms with Gasteiger partial charge >= 0.3 is 0 Å². The first-order chi connectivity index (χ1) is 11.5. The molecule has 3 aliphatic heterocycles. The Balaban J connectivity index is 1.55. The highest BCUT2D eigenvalue weighted by Crippen LogP contribution is 2.40. The molecule has 3 aliphatic rings. The number of hydrogen-bond donors (Lipinski definition) is 0. The number of carbonyl (C=O) groups is 3. The Bertz CT molecular complexity index is 693. The Kier molecular flexibility index (Phi) is 3.51. The predicted molar refractivity (Wildman–Crippen MR) is 85.3 cm³/mol. The van der Waals surface area contributed by atoms with Crippen LogP contribution in [0.15, 0.2) is 10.5 Å². The summed E-state index contributed by atoms with van der Waals surface area (Å²) in [5.74, 6) is 1.32. The van der Waals surface area contributed by atoms with Gasteiger partial charge < -0.3 is 9.32 Å². The molecule has 2 unspecified atom stereocenters. The van der Waals surface area contributed by atoms with Gasteiger partial charge in [0.05, 0.1) is 5.56 Å². The van der Waals surface area contributed by atoms with Gasteiger partial charge in [-0.05, 0) is 45.6 Å². The van der Waals surface area contributed by atoms with Gasteiger partial charge in [0.15, 0.2) is 0 Å². The highest BCUT2D eigenvalue weighted by atomic mass is 16.3. The van der Waals surface area contributed by atoms with Crippen molar-refractivity contribution in [3.8, 4) is 0 Å². The van der Waals surface area contributed by atoms with E-state index in [1.807, 2.05) is 18.7 Å². The zero-order chi connectivity index (χ0) is 17.0. The molecule has 0 N–H and O–H groups in total. The van der Waals surface area contributed by atoms with Gasteiger partial charge in [-0.1, -0.05) is 0 Å². The Labute approximate surface area is 140 Å². The van der Waals surface area contributed by atoms with Crippen LogP contribution in [0.25, 0.3) is 0 Å². The number of fused-ring (bicyclic) bond motifs is 2. The van der Waals surface area contributed by atoms with Crippen molar-refractivity contribution in [1.82, 2.24) is 9.80 Å². The van der Waals surface area contributed by atoms with Crippen LogP contribution < -0.4 is 0 Å². The molecule has 2 atom stereocenters. The van der Waals surface area contributed by atoms with Crippen LogP contribution in [-0.2, 0) is 9.59 Å². The molecule has 0 aromatic carbocycles. The molecule has 128 valence electrons. The summed E-state index contributed by atoms with van der Waals surface area (Å²) in [6.45, 7) is 3.66. The summed E-state index contributed by atoms with van der Waals surface area (Å²) < 4.78 is 5.50. The maximum absolute atomic E-state index is 13.0. The molecule has 1 aromatic rings. The van der Waals surface area contributed by atoms with Crippen molar-refractivity contribution in [2.75, 3.05) is 0 Å². The minimum Gasteiger partial charge on any atom is -0.466 e. The summed E-state index contributed by atoms with van der Waals surface area (Å²) in [6, 6.07) is 1.98. The van der Waals surface area contributed by atoms with Crippen LogP contribution in [0.3, 0.4) is 0 Å². The number of nitrogens with zero attached hydrogens (tertiary/aromatic N) is 2. The Hall–Kier alpha value is -2.11. The number of carbonyl (C=O) groups excluding carboxylic acids is 3. The molecule has 3 fully saturated rings. The van der Waals surface area contributed by atoms with Crippen molar-refractivity contribution in [1.29, 1.82) is 0 Å². The smallest absolute Gasteiger partial charge is 0.257 e. The zero-order valence-corrected chi connectivity index (χ0v) is 14.1. The molecular weight excluding hydrogens is 308 g/mol.